The monoisotopic (exact) mass is 372 g/mol. The number of aromatic nitrogens is 3. The number of fused-ring (bicyclic) bond motifs is 1. The molecular weight excluding hydrogens is 352 g/mol. The fraction of sp³-hybridized carbons (Fsp3) is 0.136. The first-order chi connectivity index (χ1) is 13.8. The van der Waals surface area contributed by atoms with Gasteiger partial charge in [-0.3, -0.25) is 4.79 Å². The molecule has 0 spiro atoms. The van der Waals surface area contributed by atoms with Crippen molar-refractivity contribution in [2.45, 2.75) is 12.6 Å². The van der Waals surface area contributed by atoms with Crippen LogP contribution in [0.1, 0.15) is 11.6 Å². The van der Waals surface area contributed by atoms with Crippen molar-refractivity contribution in [3.8, 4) is 5.75 Å². The van der Waals surface area contributed by atoms with E-state index in [1.165, 1.54) is 0 Å². The third kappa shape index (κ3) is 4.35. The molecule has 3 aromatic carbocycles. The highest BCUT2D eigenvalue weighted by Crippen LogP contribution is 2.20. The largest absolute Gasteiger partial charge is 0.484 e. The Hall–Kier alpha value is -3.67. The number of rotatable bonds is 7. The lowest BCUT2D eigenvalue weighted by Crippen LogP contribution is -2.35. The van der Waals surface area contributed by atoms with Crippen LogP contribution in [0, 0.1) is 0 Å². The van der Waals surface area contributed by atoms with Gasteiger partial charge in [0.25, 0.3) is 5.91 Å². The van der Waals surface area contributed by atoms with Gasteiger partial charge in [0, 0.05) is 0 Å². The number of hydrogen-bond donors (Lipinski definition) is 1. The number of hydrogen-bond acceptors (Lipinski definition) is 4. The topological polar surface area (TPSA) is 69.0 Å². The lowest BCUT2D eigenvalue weighted by atomic mass is 10.1. The molecule has 6 heteroatoms. The molecule has 1 amide bonds. The first-order valence-electron chi connectivity index (χ1n) is 9.08. The number of nitrogens with zero attached hydrogens (tertiary/aromatic N) is 3. The molecule has 0 radical (unpaired) electrons. The van der Waals surface area contributed by atoms with Crippen molar-refractivity contribution in [1.82, 2.24) is 20.3 Å². The first kappa shape index (κ1) is 17.7. The van der Waals surface area contributed by atoms with Gasteiger partial charge in [-0.15, -0.1) is 0 Å². The molecule has 0 bridgehead atoms. The maximum absolute atomic E-state index is 12.5. The fourth-order valence-corrected chi connectivity index (χ4v) is 3.06. The average molecular weight is 372 g/mol. The van der Waals surface area contributed by atoms with Crippen LogP contribution in [0.2, 0.25) is 0 Å². The SMILES string of the molecule is O=C(COc1ccc2ccccc2c1)NC(Cn1nccn1)c1ccccc1. The standard InChI is InChI=1S/C22H20N4O2/c27-22(16-28-20-11-10-17-6-4-5-9-19(17)14-20)25-21(15-26-23-12-13-24-26)18-7-2-1-3-8-18/h1-14,21H,15-16H2,(H,25,27). The quantitative estimate of drug-likeness (QED) is 0.540. The summed E-state index contributed by atoms with van der Waals surface area (Å²) < 4.78 is 5.70. The second kappa shape index (κ2) is 8.35. The average Bonchev–Trinajstić information content (AvgIpc) is 3.25. The predicted octanol–water partition coefficient (Wildman–Crippen LogP) is 3.37. The Labute approximate surface area is 162 Å². The Morgan fingerprint density at radius 1 is 0.929 bits per heavy atom. The highest BCUT2D eigenvalue weighted by Gasteiger charge is 2.16. The van der Waals surface area contributed by atoms with Crippen molar-refractivity contribution in [2.24, 2.45) is 0 Å². The molecule has 0 aliphatic carbocycles. The van der Waals surface area contributed by atoms with Gasteiger partial charge in [0.1, 0.15) is 5.75 Å². The Balaban J connectivity index is 1.42. The summed E-state index contributed by atoms with van der Waals surface area (Å²) in [4.78, 5) is 14.1. The normalized spacial score (nSPS) is 11.9. The van der Waals surface area contributed by atoms with Gasteiger partial charge in [0.05, 0.1) is 25.0 Å². The first-order valence-corrected chi connectivity index (χ1v) is 9.08. The summed E-state index contributed by atoms with van der Waals surface area (Å²) in [7, 11) is 0. The van der Waals surface area contributed by atoms with Gasteiger partial charge in [-0.1, -0.05) is 60.7 Å². The van der Waals surface area contributed by atoms with Gasteiger partial charge >= 0.3 is 0 Å². The summed E-state index contributed by atoms with van der Waals surface area (Å²) >= 11 is 0. The van der Waals surface area contributed by atoms with E-state index in [4.69, 9.17) is 4.74 Å². The highest BCUT2D eigenvalue weighted by molar-refractivity contribution is 5.84. The molecular formula is C22H20N4O2. The van der Waals surface area contributed by atoms with Gasteiger partial charge in [-0.2, -0.15) is 15.0 Å². The molecule has 1 aromatic heterocycles. The molecule has 0 aliphatic heterocycles. The highest BCUT2D eigenvalue weighted by atomic mass is 16.5. The summed E-state index contributed by atoms with van der Waals surface area (Å²) in [6.45, 7) is 0.382. The summed E-state index contributed by atoms with van der Waals surface area (Å²) in [6.07, 6.45) is 3.24. The Kier molecular flexibility index (Phi) is 5.29. The molecule has 0 saturated carbocycles. The zero-order chi connectivity index (χ0) is 19.2. The number of amides is 1. The summed E-state index contributed by atoms with van der Waals surface area (Å²) in [5, 5.41) is 13.5. The van der Waals surface area contributed by atoms with Gasteiger partial charge in [-0.05, 0) is 28.5 Å². The summed E-state index contributed by atoms with van der Waals surface area (Å²) in [5.74, 6) is 0.466. The van der Waals surface area contributed by atoms with Crippen LogP contribution in [-0.2, 0) is 11.3 Å². The molecule has 6 nitrogen and oxygen atoms in total. The summed E-state index contributed by atoms with van der Waals surface area (Å²) in [6, 6.07) is 23.3. The van der Waals surface area contributed by atoms with Crippen LogP contribution in [0.3, 0.4) is 0 Å². The van der Waals surface area contributed by atoms with Crippen molar-refractivity contribution in [3.05, 3.63) is 90.8 Å². The van der Waals surface area contributed by atoms with Crippen molar-refractivity contribution < 1.29 is 9.53 Å². The lowest BCUT2D eigenvalue weighted by molar-refractivity contribution is -0.124. The smallest absolute Gasteiger partial charge is 0.258 e. The number of benzene rings is 3. The van der Waals surface area contributed by atoms with Crippen LogP contribution in [0.5, 0.6) is 5.75 Å². The van der Waals surface area contributed by atoms with E-state index in [1.54, 1.807) is 17.2 Å². The molecule has 1 atom stereocenters. The minimum absolute atomic E-state index is 0.0613. The van der Waals surface area contributed by atoms with Crippen molar-refractivity contribution in [2.75, 3.05) is 6.61 Å². The third-order valence-corrected chi connectivity index (χ3v) is 4.44. The van der Waals surface area contributed by atoms with Crippen molar-refractivity contribution in [1.29, 1.82) is 0 Å². The molecule has 1 unspecified atom stereocenters. The summed E-state index contributed by atoms with van der Waals surface area (Å²) in [5.41, 5.74) is 0.985. The second-order valence-electron chi connectivity index (χ2n) is 6.41. The molecule has 1 heterocycles. The fourth-order valence-electron chi connectivity index (χ4n) is 3.06. The van der Waals surface area contributed by atoms with Crippen molar-refractivity contribution in [3.63, 3.8) is 0 Å². The molecule has 140 valence electrons. The van der Waals surface area contributed by atoms with E-state index in [-0.39, 0.29) is 18.6 Å². The number of ether oxygens (including phenoxy) is 1. The van der Waals surface area contributed by atoms with E-state index in [1.807, 2.05) is 72.8 Å². The molecule has 0 fully saturated rings. The van der Waals surface area contributed by atoms with Crippen LogP contribution in [-0.4, -0.2) is 27.5 Å². The van der Waals surface area contributed by atoms with Crippen LogP contribution in [0.15, 0.2) is 85.2 Å². The molecule has 0 saturated heterocycles. The number of nitrogens with one attached hydrogen (secondary N) is 1. The molecule has 4 rings (SSSR count). The molecule has 1 N–H and O–H groups in total. The van der Waals surface area contributed by atoms with E-state index >= 15 is 0 Å². The van der Waals surface area contributed by atoms with E-state index in [9.17, 15) is 4.79 Å². The van der Waals surface area contributed by atoms with Gasteiger partial charge in [-0.25, -0.2) is 0 Å². The van der Waals surface area contributed by atoms with Crippen LogP contribution in [0.4, 0.5) is 0 Å². The zero-order valence-electron chi connectivity index (χ0n) is 15.2. The van der Waals surface area contributed by atoms with Gasteiger partial charge in [0.2, 0.25) is 0 Å². The minimum atomic E-state index is -0.249. The third-order valence-electron chi connectivity index (χ3n) is 4.44. The van der Waals surface area contributed by atoms with Gasteiger partial charge < -0.3 is 10.1 Å². The Bertz CT molecular complexity index is 1050. The molecule has 28 heavy (non-hydrogen) atoms. The number of carbonyl (C=O) groups excluding carboxylic acids is 1. The Morgan fingerprint density at radius 3 is 2.43 bits per heavy atom. The van der Waals surface area contributed by atoms with Crippen LogP contribution >= 0.6 is 0 Å². The van der Waals surface area contributed by atoms with Crippen LogP contribution < -0.4 is 10.1 Å². The molecule has 4 aromatic rings. The number of carbonyl (C=O) groups is 1. The zero-order valence-corrected chi connectivity index (χ0v) is 15.2. The lowest BCUT2D eigenvalue weighted by Gasteiger charge is -2.19. The van der Waals surface area contributed by atoms with E-state index in [0.717, 1.165) is 16.3 Å². The van der Waals surface area contributed by atoms with E-state index in [2.05, 4.69) is 15.5 Å². The second-order valence-corrected chi connectivity index (χ2v) is 6.41. The van der Waals surface area contributed by atoms with E-state index in [0.29, 0.717) is 12.3 Å². The van der Waals surface area contributed by atoms with E-state index < -0.39 is 0 Å². The minimum Gasteiger partial charge on any atom is -0.484 e. The van der Waals surface area contributed by atoms with Gasteiger partial charge in [0.15, 0.2) is 6.61 Å². The van der Waals surface area contributed by atoms with Crippen molar-refractivity contribution >= 4 is 16.7 Å². The maximum atomic E-state index is 12.5. The molecule has 0 aliphatic rings. The Morgan fingerprint density at radius 2 is 1.64 bits per heavy atom. The predicted molar refractivity (Wildman–Crippen MR) is 107 cm³/mol. The maximum Gasteiger partial charge on any atom is 0.258 e. The van der Waals surface area contributed by atoms with Crippen LogP contribution in [0.25, 0.3) is 10.8 Å².